The van der Waals surface area contributed by atoms with Crippen molar-refractivity contribution in [3.8, 4) is 5.75 Å². The van der Waals surface area contributed by atoms with Gasteiger partial charge in [-0.15, -0.1) is 0 Å². The van der Waals surface area contributed by atoms with Gasteiger partial charge >= 0.3 is 5.69 Å². The van der Waals surface area contributed by atoms with Crippen LogP contribution in [0.15, 0.2) is 40.9 Å². The van der Waals surface area contributed by atoms with Crippen molar-refractivity contribution >= 4 is 38.7 Å². The Kier molecular flexibility index (Phi) is 4.61. The molecule has 0 bridgehead atoms. The molecule has 0 heterocycles. The van der Waals surface area contributed by atoms with Crippen molar-refractivity contribution in [3.05, 3.63) is 51.0 Å². The van der Waals surface area contributed by atoms with Gasteiger partial charge in [-0.1, -0.05) is 6.07 Å². The van der Waals surface area contributed by atoms with Crippen LogP contribution in [0.5, 0.6) is 5.75 Å². The van der Waals surface area contributed by atoms with E-state index in [9.17, 15) is 10.1 Å². The maximum atomic E-state index is 11.2. The summed E-state index contributed by atoms with van der Waals surface area (Å²) < 4.78 is 5.99. The molecule has 7 nitrogen and oxygen atoms in total. The molecule has 4 N–H and O–H groups in total. The van der Waals surface area contributed by atoms with Gasteiger partial charge in [-0.05, 0) is 40.2 Å². The Morgan fingerprint density at radius 1 is 1.29 bits per heavy atom. The maximum Gasteiger partial charge on any atom is 0.316 e. The van der Waals surface area contributed by atoms with Gasteiger partial charge in [0.1, 0.15) is 17.1 Å². The molecule has 0 fully saturated rings. The summed E-state index contributed by atoms with van der Waals surface area (Å²) in [5, 5.41) is 14.2. The third-order valence-corrected chi connectivity index (χ3v) is 3.46. The number of halogens is 1. The Labute approximate surface area is 129 Å². The molecule has 0 atom stereocenters. The summed E-state index contributed by atoms with van der Waals surface area (Å²) in [6.45, 7) is 0. The fourth-order valence-corrected chi connectivity index (χ4v) is 2.26. The second-order valence-electron chi connectivity index (χ2n) is 4.08. The Balaban J connectivity index is 2.42. The van der Waals surface area contributed by atoms with E-state index in [0.29, 0.717) is 17.1 Å². The number of benzene rings is 2. The van der Waals surface area contributed by atoms with E-state index in [4.69, 9.17) is 10.6 Å². The first-order chi connectivity index (χ1) is 10.1. The third-order valence-electron chi connectivity index (χ3n) is 2.80. The quantitative estimate of drug-likeness (QED) is 0.433. The molecule has 110 valence electrons. The van der Waals surface area contributed by atoms with Crippen LogP contribution < -0.4 is 21.3 Å². The molecule has 0 aromatic heterocycles. The van der Waals surface area contributed by atoms with Crippen LogP contribution in [-0.2, 0) is 0 Å². The number of nitrogen functional groups attached to an aromatic ring is 1. The number of anilines is 3. The summed E-state index contributed by atoms with van der Waals surface area (Å²) in [6.07, 6.45) is 0. The molecule has 0 unspecified atom stereocenters. The van der Waals surface area contributed by atoms with E-state index in [0.717, 1.165) is 4.47 Å². The molecule has 21 heavy (non-hydrogen) atoms. The number of nitrogens with zero attached hydrogens (tertiary/aromatic N) is 1. The fourth-order valence-electron chi connectivity index (χ4n) is 1.85. The van der Waals surface area contributed by atoms with Gasteiger partial charge in [0.2, 0.25) is 0 Å². The zero-order valence-corrected chi connectivity index (χ0v) is 12.7. The van der Waals surface area contributed by atoms with E-state index in [2.05, 4.69) is 26.7 Å². The highest BCUT2D eigenvalue weighted by atomic mass is 79.9. The lowest BCUT2D eigenvalue weighted by molar-refractivity contribution is -0.383. The molecular formula is C13H13BrN4O3. The smallest absolute Gasteiger partial charge is 0.316 e. The molecule has 0 aliphatic rings. The van der Waals surface area contributed by atoms with Gasteiger partial charge in [-0.2, -0.15) is 0 Å². The molecular weight excluding hydrogens is 340 g/mol. The SMILES string of the molecule is COc1cc(Nc2cccc(NN)c2[N+](=O)[O-])ccc1Br. The van der Waals surface area contributed by atoms with E-state index in [1.165, 1.54) is 6.07 Å². The van der Waals surface area contributed by atoms with Gasteiger partial charge in [0, 0.05) is 11.8 Å². The number of nitro groups is 1. The predicted octanol–water partition coefficient (Wildman–Crippen LogP) is 3.40. The largest absolute Gasteiger partial charge is 0.495 e. The number of para-hydroxylation sites is 1. The second-order valence-corrected chi connectivity index (χ2v) is 4.93. The number of rotatable bonds is 5. The highest BCUT2D eigenvalue weighted by molar-refractivity contribution is 9.10. The van der Waals surface area contributed by atoms with E-state index in [1.807, 2.05) is 0 Å². The van der Waals surface area contributed by atoms with Crippen molar-refractivity contribution in [2.75, 3.05) is 17.9 Å². The number of nitrogens with one attached hydrogen (secondary N) is 2. The zero-order chi connectivity index (χ0) is 15.4. The van der Waals surface area contributed by atoms with Gasteiger partial charge < -0.3 is 15.5 Å². The first kappa shape index (κ1) is 15.1. The van der Waals surface area contributed by atoms with Crippen LogP contribution in [0.4, 0.5) is 22.7 Å². The molecule has 0 amide bonds. The van der Waals surface area contributed by atoms with Crippen molar-refractivity contribution in [2.45, 2.75) is 0 Å². The summed E-state index contributed by atoms with van der Waals surface area (Å²) in [5.41, 5.74) is 3.42. The van der Waals surface area contributed by atoms with Crippen molar-refractivity contribution < 1.29 is 9.66 Å². The van der Waals surface area contributed by atoms with Gasteiger partial charge in [0.15, 0.2) is 0 Å². The lowest BCUT2D eigenvalue weighted by Crippen LogP contribution is -2.10. The molecule has 0 spiro atoms. The van der Waals surface area contributed by atoms with Crippen molar-refractivity contribution in [1.29, 1.82) is 0 Å². The number of ether oxygens (including phenoxy) is 1. The summed E-state index contributed by atoms with van der Waals surface area (Å²) in [6, 6.07) is 10.1. The van der Waals surface area contributed by atoms with Crippen LogP contribution >= 0.6 is 15.9 Å². The Hall–Kier alpha value is -2.32. The van der Waals surface area contributed by atoms with Gasteiger partial charge in [0.25, 0.3) is 0 Å². The third kappa shape index (κ3) is 3.23. The zero-order valence-electron chi connectivity index (χ0n) is 11.1. The molecule has 2 aromatic carbocycles. The number of nitrogens with two attached hydrogens (primary N) is 1. The minimum atomic E-state index is -0.492. The summed E-state index contributed by atoms with van der Waals surface area (Å²) in [7, 11) is 1.55. The lowest BCUT2D eigenvalue weighted by Gasteiger charge is -2.11. The van der Waals surface area contributed by atoms with Gasteiger partial charge in [0.05, 0.1) is 16.5 Å². The average molecular weight is 353 g/mol. The normalized spacial score (nSPS) is 10.0. The monoisotopic (exact) mass is 352 g/mol. The molecule has 2 aromatic rings. The van der Waals surface area contributed by atoms with Gasteiger partial charge in [-0.25, -0.2) is 0 Å². The number of hydrazine groups is 1. The van der Waals surface area contributed by atoms with E-state index >= 15 is 0 Å². The van der Waals surface area contributed by atoms with E-state index in [1.54, 1.807) is 37.4 Å². The molecule has 2 rings (SSSR count). The highest BCUT2D eigenvalue weighted by Gasteiger charge is 2.19. The summed E-state index contributed by atoms with van der Waals surface area (Å²) in [4.78, 5) is 10.7. The number of hydrogen-bond acceptors (Lipinski definition) is 6. The number of nitro benzene ring substituents is 1. The molecule has 0 saturated carbocycles. The molecule has 0 aliphatic carbocycles. The van der Waals surface area contributed by atoms with Crippen LogP contribution in [0, 0.1) is 10.1 Å². The fraction of sp³-hybridized carbons (Fsp3) is 0.0769. The van der Waals surface area contributed by atoms with Crippen molar-refractivity contribution in [3.63, 3.8) is 0 Å². The van der Waals surface area contributed by atoms with E-state index < -0.39 is 4.92 Å². The Morgan fingerprint density at radius 2 is 2.00 bits per heavy atom. The Bertz CT molecular complexity index is 678. The van der Waals surface area contributed by atoms with Crippen LogP contribution in [0.1, 0.15) is 0 Å². The van der Waals surface area contributed by atoms with Crippen LogP contribution in [0.25, 0.3) is 0 Å². The predicted molar refractivity (Wildman–Crippen MR) is 84.9 cm³/mol. The highest BCUT2D eigenvalue weighted by Crippen LogP contribution is 2.36. The number of hydrogen-bond donors (Lipinski definition) is 3. The first-order valence-corrected chi connectivity index (χ1v) is 6.70. The van der Waals surface area contributed by atoms with Crippen molar-refractivity contribution in [1.82, 2.24) is 0 Å². The summed E-state index contributed by atoms with van der Waals surface area (Å²) >= 11 is 3.35. The molecule has 0 aliphatic heterocycles. The lowest BCUT2D eigenvalue weighted by atomic mass is 10.2. The minimum absolute atomic E-state index is 0.123. The van der Waals surface area contributed by atoms with Crippen LogP contribution in [-0.4, -0.2) is 12.0 Å². The Morgan fingerprint density at radius 3 is 2.62 bits per heavy atom. The second kappa shape index (κ2) is 6.42. The minimum Gasteiger partial charge on any atom is -0.495 e. The van der Waals surface area contributed by atoms with Gasteiger partial charge in [-0.3, -0.25) is 16.0 Å². The molecule has 0 radical (unpaired) electrons. The topological polar surface area (TPSA) is 102 Å². The molecule has 8 heteroatoms. The first-order valence-electron chi connectivity index (χ1n) is 5.91. The maximum absolute atomic E-state index is 11.2. The van der Waals surface area contributed by atoms with E-state index in [-0.39, 0.29) is 11.4 Å². The van der Waals surface area contributed by atoms with Crippen molar-refractivity contribution in [2.24, 2.45) is 5.84 Å². The average Bonchev–Trinajstić information content (AvgIpc) is 2.48. The van der Waals surface area contributed by atoms with Crippen LogP contribution in [0.2, 0.25) is 0 Å². The molecule has 0 saturated heterocycles. The van der Waals surface area contributed by atoms with Crippen LogP contribution in [0.3, 0.4) is 0 Å². The summed E-state index contributed by atoms with van der Waals surface area (Å²) in [5.74, 6) is 5.93. The standard InChI is InChI=1S/C13H13BrN4O3/c1-21-12-7-8(5-6-9(12)14)16-10-3-2-4-11(17-15)13(10)18(19)20/h2-7,16-17H,15H2,1H3. The number of methoxy groups -OCH3 is 1.